The molecule has 1 fully saturated rings. The molecule has 0 aromatic carbocycles. The Bertz CT molecular complexity index is 307. The maximum absolute atomic E-state index is 6.05. The Labute approximate surface area is 83.1 Å². The van der Waals surface area contributed by atoms with Crippen LogP contribution in [0.5, 0.6) is 0 Å². The van der Waals surface area contributed by atoms with Gasteiger partial charge in [0.2, 0.25) is 5.95 Å². The average molecular weight is 196 g/mol. The molecule has 14 heavy (non-hydrogen) atoms. The highest BCUT2D eigenvalue weighted by Crippen LogP contribution is 2.21. The molecule has 0 aliphatic carbocycles. The van der Waals surface area contributed by atoms with Gasteiger partial charge < -0.3 is 10.6 Å². The first-order valence-corrected chi connectivity index (χ1v) is 4.85. The van der Waals surface area contributed by atoms with Crippen molar-refractivity contribution in [2.24, 2.45) is 12.8 Å². The van der Waals surface area contributed by atoms with E-state index in [4.69, 9.17) is 5.73 Å². The van der Waals surface area contributed by atoms with Crippen molar-refractivity contribution in [3.8, 4) is 0 Å². The molecular weight excluding hydrogens is 180 g/mol. The molecule has 1 aromatic rings. The Hall–Kier alpha value is -1.17. The predicted octanol–water partition coefficient (Wildman–Crippen LogP) is -0.472. The Morgan fingerprint density at radius 2 is 2.00 bits per heavy atom. The fourth-order valence-electron chi connectivity index (χ4n) is 1.71. The second-order valence-electron chi connectivity index (χ2n) is 4.24. The van der Waals surface area contributed by atoms with Gasteiger partial charge in [-0.2, -0.15) is 0 Å². The van der Waals surface area contributed by atoms with E-state index in [-0.39, 0.29) is 5.54 Å². The van der Waals surface area contributed by atoms with Crippen LogP contribution in [0.25, 0.3) is 0 Å². The maximum Gasteiger partial charge on any atom is 0.245 e. The van der Waals surface area contributed by atoms with E-state index in [9.17, 15) is 0 Å². The van der Waals surface area contributed by atoms with Crippen LogP contribution in [0.15, 0.2) is 0 Å². The summed E-state index contributed by atoms with van der Waals surface area (Å²) in [5.41, 5.74) is 6.02. The van der Waals surface area contributed by atoms with Crippen molar-refractivity contribution in [2.45, 2.75) is 25.3 Å². The van der Waals surface area contributed by atoms with Crippen LogP contribution in [-0.4, -0.2) is 38.8 Å². The van der Waals surface area contributed by atoms with E-state index in [0.29, 0.717) is 0 Å². The standard InChI is InChI=1S/C8H16N6/c1-8(9)3-5-14(6-4-8)7-10-11-12-13(7)2/h3-6,9H2,1-2H3. The molecule has 1 saturated heterocycles. The van der Waals surface area contributed by atoms with Gasteiger partial charge in [0.25, 0.3) is 0 Å². The minimum absolute atomic E-state index is 0.0253. The first-order valence-electron chi connectivity index (χ1n) is 4.85. The summed E-state index contributed by atoms with van der Waals surface area (Å²) in [6.07, 6.45) is 1.97. The average Bonchev–Trinajstić information content (AvgIpc) is 2.52. The minimum atomic E-state index is -0.0253. The highest BCUT2D eigenvalue weighted by Gasteiger charge is 2.27. The first-order chi connectivity index (χ1) is 6.58. The molecule has 2 N–H and O–H groups in total. The van der Waals surface area contributed by atoms with Gasteiger partial charge in [-0.05, 0) is 30.2 Å². The molecule has 2 heterocycles. The number of piperidine rings is 1. The summed E-state index contributed by atoms with van der Waals surface area (Å²) in [6.45, 7) is 3.96. The van der Waals surface area contributed by atoms with Crippen molar-refractivity contribution >= 4 is 5.95 Å². The lowest BCUT2D eigenvalue weighted by atomic mass is 9.91. The van der Waals surface area contributed by atoms with Crippen molar-refractivity contribution in [3.63, 3.8) is 0 Å². The highest BCUT2D eigenvalue weighted by molar-refractivity contribution is 5.29. The Morgan fingerprint density at radius 1 is 1.36 bits per heavy atom. The van der Waals surface area contributed by atoms with Gasteiger partial charge in [-0.3, -0.25) is 0 Å². The van der Waals surface area contributed by atoms with Gasteiger partial charge in [-0.1, -0.05) is 5.10 Å². The molecule has 2 rings (SSSR count). The smallest absolute Gasteiger partial charge is 0.245 e. The van der Waals surface area contributed by atoms with Gasteiger partial charge in [-0.25, -0.2) is 4.68 Å². The van der Waals surface area contributed by atoms with E-state index >= 15 is 0 Å². The third kappa shape index (κ3) is 1.70. The summed E-state index contributed by atoms with van der Waals surface area (Å²) >= 11 is 0. The molecule has 0 amide bonds. The molecule has 0 saturated carbocycles. The van der Waals surface area contributed by atoms with E-state index in [1.807, 2.05) is 7.05 Å². The Kier molecular flexibility index (Phi) is 2.14. The van der Waals surface area contributed by atoms with E-state index in [0.717, 1.165) is 31.9 Å². The fraction of sp³-hybridized carbons (Fsp3) is 0.875. The molecule has 1 aromatic heterocycles. The number of rotatable bonds is 1. The second kappa shape index (κ2) is 3.20. The summed E-state index contributed by atoms with van der Waals surface area (Å²) in [4.78, 5) is 2.18. The van der Waals surface area contributed by atoms with Gasteiger partial charge in [0.15, 0.2) is 0 Å². The van der Waals surface area contributed by atoms with Crippen LogP contribution < -0.4 is 10.6 Å². The number of hydrogen-bond acceptors (Lipinski definition) is 5. The van der Waals surface area contributed by atoms with Crippen molar-refractivity contribution in [1.82, 2.24) is 20.2 Å². The van der Waals surface area contributed by atoms with Crippen LogP contribution in [-0.2, 0) is 7.05 Å². The molecule has 78 valence electrons. The molecule has 6 heteroatoms. The maximum atomic E-state index is 6.05. The third-order valence-corrected chi connectivity index (χ3v) is 2.79. The minimum Gasteiger partial charge on any atom is -0.340 e. The van der Waals surface area contributed by atoms with Crippen molar-refractivity contribution in [3.05, 3.63) is 0 Å². The van der Waals surface area contributed by atoms with E-state index in [1.54, 1.807) is 4.68 Å². The molecule has 1 aliphatic rings. The molecular formula is C8H16N6. The number of tetrazole rings is 1. The lowest BCUT2D eigenvalue weighted by Crippen LogP contribution is -2.48. The van der Waals surface area contributed by atoms with E-state index < -0.39 is 0 Å². The quantitative estimate of drug-likeness (QED) is 0.657. The van der Waals surface area contributed by atoms with Gasteiger partial charge in [-0.15, -0.1) is 0 Å². The molecule has 0 bridgehead atoms. The zero-order chi connectivity index (χ0) is 10.2. The zero-order valence-electron chi connectivity index (χ0n) is 8.64. The molecule has 0 unspecified atom stereocenters. The number of aryl methyl sites for hydroxylation is 1. The van der Waals surface area contributed by atoms with Crippen LogP contribution >= 0.6 is 0 Å². The van der Waals surface area contributed by atoms with Crippen molar-refractivity contribution in [1.29, 1.82) is 0 Å². The molecule has 0 atom stereocenters. The summed E-state index contributed by atoms with van der Waals surface area (Å²) in [5, 5.41) is 11.4. The molecule has 6 nitrogen and oxygen atoms in total. The van der Waals surface area contributed by atoms with Crippen molar-refractivity contribution < 1.29 is 0 Å². The lowest BCUT2D eigenvalue weighted by molar-refractivity contribution is 0.360. The van der Waals surface area contributed by atoms with E-state index in [1.165, 1.54) is 0 Å². The van der Waals surface area contributed by atoms with Gasteiger partial charge in [0.05, 0.1) is 0 Å². The lowest BCUT2D eigenvalue weighted by Gasteiger charge is -2.36. The van der Waals surface area contributed by atoms with E-state index in [2.05, 4.69) is 27.3 Å². The first kappa shape index (κ1) is 9.39. The van der Waals surface area contributed by atoms with Crippen LogP contribution in [0.4, 0.5) is 5.95 Å². The number of aromatic nitrogens is 4. The van der Waals surface area contributed by atoms with Gasteiger partial charge >= 0.3 is 0 Å². The normalized spacial score (nSPS) is 21.2. The summed E-state index contributed by atoms with van der Waals surface area (Å²) < 4.78 is 1.69. The summed E-state index contributed by atoms with van der Waals surface area (Å²) in [7, 11) is 1.85. The predicted molar refractivity (Wildman–Crippen MR) is 52.8 cm³/mol. The topological polar surface area (TPSA) is 72.9 Å². The Morgan fingerprint density at radius 3 is 2.50 bits per heavy atom. The summed E-state index contributed by atoms with van der Waals surface area (Å²) in [6, 6.07) is 0. The van der Waals surface area contributed by atoms with Crippen molar-refractivity contribution in [2.75, 3.05) is 18.0 Å². The largest absolute Gasteiger partial charge is 0.340 e. The number of anilines is 1. The summed E-state index contributed by atoms with van der Waals surface area (Å²) in [5.74, 6) is 0.834. The number of nitrogens with zero attached hydrogens (tertiary/aromatic N) is 5. The van der Waals surface area contributed by atoms with Crippen LogP contribution in [0.3, 0.4) is 0 Å². The van der Waals surface area contributed by atoms with Gasteiger partial charge in [0.1, 0.15) is 0 Å². The van der Waals surface area contributed by atoms with Gasteiger partial charge in [0, 0.05) is 25.7 Å². The molecule has 1 aliphatic heterocycles. The molecule has 0 radical (unpaired) electrons. The van der Waals surface area contributed by atoms with Crippen LogP contribution in [0.2, 0.25) is 0 Å². The van der Waals surface area contributed by atoms with Crippen LogP contribution in [0.1, 0.15) is 19.8 Å². The third-order valence-electron chi connectivity index (χ3n) is 2.79. The number of nitrogens with two attached hydrogens (primary N) is 1. The fourth-order valence-corrected chi connectivity index (χ4v) is 1.71. The monoisotopic (exact) mass is 196 g/mol. The zero-order valence-corrected chi connectivity index (χ0v) is 8.64. The van der Waals surface area contributed by atoms with Crippen LogP contribution in [0, 0.1) is 0 Å². The second-order valence-corrected chi connectivity index (χ2v) is 4.24. The SMILES string of the molecule is Cn1nnnc1N1CCC(C)(N)CC1. The highest BCUT2D eigenvalue weighted by atomic mass is 15.6. The Balaban J connectivity index is 2.06. The molecule has 0 spiro atoms. The number of hydrogen-bond donors (Lipinski definition) is 1.